The normalized spacial score (nSPS) is 34.5. The van der Waals surface area contributed by atoms with E-state index in [1.54, 1.807) is 73.6 Å². The molecule has 4 rings (SSSR count). The summed E-state index contributed by atoms with van der Waals surface area (Å²) in [6.45, 7) is 17.6. The number of benzene rings is 1. The van der Waals surface area contributed by atoms with Gasteiger partial charge >= 0.3 is 11.9 Å². The van der Waals surface area contributed by atoms with Crippen molar-refractivity contribution in [1.29, 1.82) is 0 Å². The minimum Gasteiger partial charge on any atom is -0.505 e. The number of aliphatic hydroxyl groups excluding tert-OH is 5. The first-order valence-electron chi connectivity index (χ1n) is 24.4. The number of hydrogen-bond donors (Lipinski definition) is 7. The summed E-state index contributed by atoms with van der Waals surface area (Å²) in [4.78, 5) is 53.3. The van der Waals surface area contributed by atoms with Crippen molar-refractivity contribution < 1.29 is 88.1 Å². The predicted molar refractivity (Wildman–Crippen MR) is 269 cm³/mol. The van der Waals surface area contributed by atoms with Gasteiger partial charge in [-0.3, -0.25) is 14.4 Å². The van der Waals surface area contributed by atoms with E-state index in [1.807, 2.05) is 13.0 Å². The lowest BCUT2D eigenvalue weighted by Gasteiger charge is -2.47. The lowest BCUT2D eigenvalue weighted by atomic mass is 9.81. The monoisotopic (exact) mass is 1070 g/mol. The van der Waals surface area contributed by atoms with Gasteiger partial charge in [0, 0.05) is 25.4 Å². The second-order valence-electron chi connectivity index (χ2n) is 19.7. The Kier molecular flexibility index (Phi) is 22.5. The molecule has 14 atom stereocenters. The fourth-order valence-electron chi connectivity index (χ4n) is 9.05. The third-order valence-electron chi connectivity index (χ3n) is 13.4. The summed E-state index contributed by atoms with van der Waals surface area (Å²) in [5.41, 5.74) is 0.0687. The molecule has 0 spiro atoms. The average Bonchev–Trinajstić information content (AvgIpc) is 3.32. The zero-order chi connectivity index (χ0) is 55.0. The molecular formula is C53H74Cl2O18. The van der Waals surface area contributed by atoms with Crippen LogP contribution in [-0.4, -0.2) is 152 Å². The van der Waals surface area contributed by atoms with Crippen LogP contribution in [0.25, 0.3) is 0 Å². The molecule has 0 aromatic heterocycles. The van der Waals surface area contributed by atoms with Crippen LogP contribution >= 0.6 is 23.2 Å². The number of ketones is 2. The number of phenols is 2. The Hall–Kier alpha value is -4.02. The number of Topliss-reactive ketones (excluding diaryl/α,β-unsaturated/α-hetero) is 2. The predicted octanol–water partition coefficient (Wildman–Crippen LogP) is 6.08. The standard InChI is InChI=1S/C53H74Cl2O18/c1-13-30-22-26(6)33(57)18-16-15-17-31(23-68-52-47(67-12)42(61)35(29(9)69-52)40(59)41(60)36-32(14-2)37(54)43(62)38(55)39(36)58)50(66)70-34(28(8)56)20-19-25(5)21-27(7)46(30)71-51-45(64)44(63)48(53(10,11)73-51)72-49(65)24(3)4/h15-17,19,21-22,24,29-30,33-35,40,42,44-48,51-52,57-59,61-64H,13-14,18,20,23H2,1-12H3/b16-15-,25-19-,26-22-,27-21-,31-17-. The van der Waals surface area contributed by atoms with Crippen LogP contribution in [0, 0.1) is 17.8 Å². The largest absolute Gasteiger partial charge is 0.505 e. The second kappa shape index (κ2) is 26.6. The van der Waals surface area contributed by atoms with Crippen LogP contribution in [0.1, 0.15) is 111 Å². The average molecular weight is 1070 g/mol. The first kappa shape index (κ1) is 61.5. The number of rotatable bonds is 14. The van der Waals surface area contributed by atoms with Gasteiger partial charge in [-0.25, -0.2) is 4.79 Å². The summed E-state index contributed by atoms with van der Waals surface area (Å²) >= 11 is 12.3. The maximum atomic E-state index is 13.9. The number of ether oxygens (including phenoxy) is 7. The number of esters is 2. The Bertz CT molecular complexity index is 2300. The summed E-state index contributed by atoms with van der Waals surface area (Å²) in [5, 5.41) is 77.2. The Morgan fingerprint density at radius 2 is 1.59 bits per heavy atom. The van der Waals surface area contributed by atoms with Crippen LogP contribution in [0.2, 0.25) is 10.0 Å². The number of hydrogen-bond acceptors (Lipinski definition) is 18. The highest BCUT2D eigenvalue weighted by Gasteiger charge is 2.53. The smallest absolute Gasteiger partial charge is 0.337 e. The first-order chi connectivity index (χ1) is 34.1. The van der Waals surface area contributed by atoms with Gasteiger partial charge in [0.1, 0.15) is 40.8 Å². The van der Waals surface area contributed by atoms with Crippen LogP contribution in [-0.2, 0) is 54.0 Å². The van der Waals surface area contributed by atoms with E-state index in [9.17, 15) is 54.9 Å². The number of carbonyl (C=O) groups is 4. The molecule has 1 aromatic rings. The molecule has 3 aliphatic rings. The lowest BCUT2D eigenvalue weighted by molar-refractivity contribution is -0.333. The minimum absolute atomic E-state index is 0.0161. The van der Waals surface area contributed by atoms with E-state index < -0.39 is 149 Å². The van der Waals surface area contributed by atoms with Gasteiger partial charge in [-0.1, -0.05) is 86.9 Å². The molecule has 0 amide bonds. The van der Waals surface area contributed by atoms with Crippen molar-refractivity contribution >= 4 is 46.7 Å². The van der Waals surface area contributed by atoms with Gasteiger partial charge in [0.25, 0.3) is 0 Å². The van der Waals surface area contributed by atoms with Crippen molar-refractivity contribution in [1.82, 2.24) is 0 Å². The van der Waals surface area contributed by atoms with E-state index in [1.165, 1.54) is 33.1 Å². The number of carbonyl (C=O) groups excluding carboxylic acids is 4. The SMILES string of the molecule is CCc1c(Cl)c(O)c(Cl)c(O)c1C(=O)C(O)C1C(C)OC(OC/C2=C/C=C\CC(O)/C(C)=C\C(CC)C(OC3OC(C)(C)C(OC(=O)C(C)C)C(O)C3O)/C(C)=C\C(C)=C/CC(C(C)=O)OC2=O)C(OC)C1O. The van der Waals surface area contributed by atoms with Gasteiger partial charge in [0.15, 0.2) is 42.1 Å². The molecule has 1 aromatic carbocycles. The van der Waals surface area contributed by atoms with E-state index in [4.69, 9.17) is 56.4 Å². The van der Waals surface area contributed by atoms with E-state index in [2.05, 4.69) is 0 Å². The summed E-state index contributed by atoms with van der Waals surface area (Å²) in [6.07, 6.45) is -5.93. The summed E-state index contributed by atoms with van der Waals surface area (Å²) in [5.74, 6) is -6.76. The van der Waals surface area contributed by atoms with Gasteiger partial charge in [-0.05, 0) is 90.5 Å². The van der Waals surface area contributed by atoms with Gasteiger partial charge in [-0.2, -0.15) is 0 Å². The number of phenolic OH excluding ortho intramolecular Hbond substituents is 2. The zero-order valence-corrected chi connectivity index (χ0v) is 45.0. The van der Waals surface area contributed by atoms with E-state index in [-0.39, 0.29) is 35.4 Å². The Labute approximate surface area is 437 Å². The van der Waals surface area contributed by atoms with Gasteiger partial charge in [-0.15, -0.1) is 0 Å². The Morgan fingerprint density at radius 1 is 0.932 bits per heavy atom. The minimum atomic E-state index is -2.01. The van der Waals surface area contributed by atoms with Crippen molar-refractivity contribution in [3.63, 3.8) is 0 Å². The van der Waals surface area contributed by atoms with Gasteiger partial charge in [0.05, 0.1) is 53.1 Å². The molecule has 0 saturated carbocycles. The quantitative estimate of drug-likeness (QED) is 0.0632. The third kappa shape index (κ3) is 14.7. The van der Waals surface area contributed by atoms with Crippen molar-refractivity contribution in [2.75, 3.05) is 13.7 Å². The molecule has 3 heterocycles. The van der Waals surface area contributed by atoms with Crippen LogP contribution in [0.4, 0.5) is 0 Å². The number of halogens is 2. The fraction of sp³-hybridized carbons (Fsp3) is 0.623. The van der Waals surface area contributed by atoms with Crippen LogP contribution in [0.15, 0.2) is 58.7 Å². The summed E-state index contributed by atoms with van der Waals surface area (Å²) < 4.78 is 41.8. The molecule has 408 valence electrons. The Balaban J connectivity index is 1.62. The second-order valence-corrected chi connectivity index (χ2v) is 20.5. The number of cyclic esters (lactones) is 1. The molecule has 0 aliphatic carbocycles. The van der Waals surface area contributed by atoms with Gasteiger partial charge < -0.3 is 68.9 Å². The molecule has 20 heteroatoms. The first-order valence-corrected chi connectivity index (χ1v) is 25.2. The third-order valence-corrected chi connectivity index (χ3v) is 14.2. The highest BCUT2D eigenvalue weighted by molar-refractivity contribution is 6.39. The highest BCUT2D eigenvalue weighted by Crippen LogP contribution is 2.46. The number of methoxy groups -OCH3 is 1. The van der Waals surface area contributed by atoms with E-state index >= 15 is 0 Å². The van der Waals surface area contributed by atoms with Crippen molar-refractivity contribution in [3.8, 4) is 11.5 Å². The van der Waals surface area contributed by atoms with E-state index in [0.717, 1.165) is 0 Å². The summed E-state index contributed by atoms with van der Waals surface area (Å²) in [6, 6.07) is 0. The molecule has 0 radical (unpaired) electrons. The molecule has 7 N–H and O–H groups in total. The molecular weight excluding hydrogens is 995 g/mol. The maximum absolute atomic E-state index is 13.9. The van der Waals surface area contributed by atoms with Crippen LogP contribution in [0.3, 0.4) is 0 Å². The van der Waals surface area contributed by atoms with Crippen molar-refractivity contribution in [2.45, 2.75) is 181 Å². The Morgan fingerprint density at radius 3 is 2.18 bits per heavy atom. The summed E-state index contributed by atoms with van der Waals surface area (Å²) in [7, 11) is 1.23. The van der Waals surface area contributed by atoms with Crippen molar-refractivity contribution in [3.05, 3.63) is 79.9 Å². The lowest BCUT2D eigenvalue weighted by Crippen LogP contribution is -2.64. The van der Waals surface area contributed by atoms with Crippen molar-refractivity contribution in [2.24, 2.45) is 17.8 Å². The maximum Gasteiger partial charge on any atom is 0.337 e. The molecule has 18 nitrogen and oxygen atoms in total. The molecule has 73 heavy (non-hydrogen) atoms. The molecule has 2 saturated heterocycles. The number of aliphatic hydroxyl groups is 5. The zero-order valence-electron chi connectivity index (χ0n) is 43.5. The topological polar surface area (TPSA) is 274 Å². The number of allylic oxidation sites excluding steroid dienone is 4. The van der Waals surface area contributed by atoms with Crippen LogP contribution in [0.5, 0.6) is 11.5 Å². The number of aromatic hydroxyl groups is 2. The highest BCUT2D eigenvalue weighted by atomic mass is 35.5. The molecule has 14 unspecified atom stereocenters. The molecule has 3 aliphatic heterocycles. The van der Waals surface area contributed by atoms with Crippen LogP contribution < -0.4 is 0 Å². The molecule has 2 fully saturated rings. The molecule has 0 bridgehead atoms. The fourth-order valence-corrected chi connectivity index (χ4v) is 9.61. The van der Waals surface area contributed by atoms with E-state index in [0.29, 0.717) is 23.1 Å². The van der Waals surface area contributed by atoms with Gasteiger partial charge in [0.2, 0.25) is 0 Å².